The minimum Gasteiger partial charge on any atom is -0.494 e. The first-order chi connectivity index (χ1) is 11.8. The van der Waals surface area contributed by atoms with Crippen molar-refractivity contribution in [3.05, 3.63) is 36.4 Å². The van der Waals surface area contributed by atoms with Crippen molar-refractivity contribution in [2.45, 2.75) is 65.2 Å². The average molecular weight is 328 g/mol. The number of hydrogen-bond donors (Lipinski definition) is 0. The molecule has 0 aromatic heterocycles. The summed E-state index contributed by atoms with van der Waals surface area (Å²) in [6, 6.07) is 12.6. The minimum atomic E-state index is 0.800. The molecular weight excluding hydrogens is 296 g/mol. The van der Waals surface area contributed by atoms with E-state index in [1.165, 1.54) is 49.3 Å². The van der Waals surface area contributed by atoms with Crippen molar-refractivity contribution >= 4 is 10.8 Å². The molecule has 0 fully saturated rings. The van der Waals surface area contributed by atoms with E-state index in [1.807, 2.05) is 0 Å². The maximum absolute atomic E-state index is 5.99. The number of rotatable bonds is 12. The van der Waals surface area contributed by atoms with Crippen LogP contribution in [0.1, 0.15) is 65.2 Å². The predicted octanol–water partition coefficient (Wildman–Crippen LogP) is 6.76. The van der Waals surface area contributed by atoms with E-state index in [1.54, 1.807) is 0 Å². The van der Waals surface area contributed by atoms with E-state index in [9.17, 15) is 0 Å². The van der Waals surface area contributed by atoms with Crippen molar-refractivity contribution in [3.63, 3.8) is 0 Å². The van der Waals surface area contributed by atoms with Gasteiger partial charge in [0.05, 0.1) is 13.2 Å². The monoisotopic (exact) mass is 328 g/mol. The molecule has 0 saturated carbocycles. The zero-order valence-corrected chi connectivity index (χ0v) is 15.4. The summed E-state index contributed by atoms with van der Waals surface area (Å²) in [4.78, 5) is 0. The molecule has 2 heteroatoms. The third kappa shape index (κ3) is 6.07. The zero-order chi connectivity index (χ0) is 17.0. The van der Waals surface area contributed by atoms with Crippen LogP contribution in [0.5, 0.6) is 11.5 Å². The summed E-state index contributed by atoms with van der Waals surface area (Å²) in [6.07, 6.45) is 9.86. The summed E-state index contributed by atoms with van der Waals surface area (Å²) in [7, 11) is 0. The molecule has 24 heavy (non-hydrogen) atoms. The second-order valence-corrected chi connectivity index (χ2v) is 6.46. The Morgan fingerprint density at radius 2 is 1.42 bits per heavy atom. The maximum atomic E-state index is 5.99. The van der Waals surface area contributed by atoms with Crippen LogP contribution in [0.15, 0.2) is 36.4 Å². The fraction of sp³-hybridized carbons (Fsp3) is 0.545. The first-order valence-corrected chi connectivity index (χ1v) is 9.63. The van der Waals surface area contributed by atoms with E-state index in [-0.39, 0.29) is 0 Å². The second kappa shape index (κ2) is 11.0. The quantitative estimate of drug-likeness (QED) is 0.401. The first kappa shape index (κ1) is 18.6. The lowest BCUT2D eigenvalue weighted by molar-refractivity contribution is 0.305. The van der Waals surface area contributed by atoms with Gasteiger partial charge in [0, 0.05) is 5.39 Å². The molecule has 2 nitrogen and oxygen atoms in total. The van der Waals surface area contributed by atoms with Crippen LogP contribution in [0.25, 0.3) is 10.8 Å². The van der Waals surface area contributed by atoms with Crippen LogP contribution in [0.2, 0.25) is 0 Å². The average Bonchev–Trinajstić information content (AvgIpc) is 2.61. The van der Waals surface area contributed by atoms with E-state index in [2.05, 4.69) is 50.2 Å². The number of unbranched alkanes of at least 4 members (excludes halogenated alkanes) is 6. The lowest BCUT2D eigenvalue weighted by Gasteiger charge is -2.11. The Hall–Kier alpha value is -1.70. The number of fused-ring (bicyclic) bond motifs is 1. The van der Waals surface area contributed by atoms with E-state index < -0.39 is 0 Å². The largest absolute Gasteiger partial charge is 0.494 e. The smallest absolute Gasteiger partial charge is 0.127 e. The molecule has 0 unspecified atom stereocenters. The van der Waals surface area contributed by atoms with Gasteiger partial charge in [0.25, 0.3) is 0 Å². The van der Waals surface area contributed by atoms with E-state index in [4.69, 9.17) is 9.47 Å². The first-order valence-electron chi connectivity index (χ1n) is 9.63. The van der Waals surface area contributed by atoms with Crippen molar-refractivity contribution in [2.24, 2.45) is 0 Å². The molecule has 0 atom stereocenters. The Bertz CT molecular complexity index is 592. The summed E-state index contributed by atoms with van der Waals surface area (Å²) in [5.74, 6) is 1.94. The molecule has 0 aliphatic rings. The highest BCUT2D eigenvalue weighted by atomic mass is 16.5. The highest BCUT2D eigenvalue weighted by Gasteiger charge is 2.04. The third-order valence-corrected chi connectivity index (χ3v) is 4.33. The van der Waals surface area contributed by atoms with Gasteiger partial charge in [0.15, 0.2) is 0 Å². The van der Waals surface area contributed by atoms with Gasteiger partial charge in [0.1, 0.15) is 11.5 Å². The Morgan fingerprint density at radius 1 is 0.708 bits per heavy atom. The van der Waals surface area contributed by atoms with Crippen molar-refractivity contribution in [3.8, 4) is 11.5 Å². The molecule has 0 aliphatic heterocycles. The van der Waals surface area contributed by atoms with E-state index in [0.29, 0.717) is 0 Å². The summed E-state index contributed by atoms with van der Waals surface area (Å²) in [6.45, 7) is 6.07. The second-order valence-electron chi connectivity index (χ2n) is 6.46. The molecule has 0 heterocycles. The SMILES string of the molecule is CCCCCCOc1ccc2c(OCCCCCC)cccc2c1. The molecule has 0 spiro atoms. The number of hydrogen-bond acceptors (Lipinski definition) is 2. The maximum Gasteiger partial charge on any atom is 0.127 e. The Kier molecular flexibility index (Phi) is 8.51. The van der Waals surface area contributed by atoms with Gasteiger partial charge in [-0.05, 0) is 42.5 Å². The summed E-state index contributed by atoms with van der Waals surface area (Å²) < 4.78 is 11.9. The van der Waals surface area contributed by atoms with Gasteiger partial charge in [-0.1, -0.05) is 64.5 Å². The molecule has 2 aromatic rings. The van der Waals surface area contributed by atoms with Gasteiger partial charge in [-0.2, -0.15) is 0 Å². The highest BCUT2D eigenvalue weighted by Crippen LogP contribution is 2.29. The van der Waals surface area contributed by atoms with E-state index in [0.717, 1.165) is 37.6 Å². The molecule has 0 N–H and O–H groups in total. The molecule has 0 amide bonds. The van der Waals surface area contributed by atoms with E-state index >= 15 is 0 Å². The van der Waals surface area contributed by atoms with Crippen LogP contribution in [0, 0.1) is 0 Å². The Balaban J connectivity index is 1.90. The van der Waals surface area contributed by atoms with Crippen LogP contribution in [0.4, 0.5) is 0 Å². The molecule has 0 radical (unpaired) electrons. The van der Waals surface area contributed by atoms with Crippen LogP contribution in [0.3, 0.4) is 0 Å². The standard InChI is InChI=1S/C22H32O2/c1-3-5-7-9-16-23-20-14-15-21-19(18-20)12-11-13-22(21)24-17-10-8-6-4-2/h11-15,18H,3-10,16-17H2,1-2H3. The molecule has 2 aromatic carbocycles. The summed E-state index contributed by atoms with van der Waals surface area (Å²) >= 11 is 0. The summed E-state index contributed by atoms with van der Waals surface area (Å²) in [5.41, 5.74) is 0. The van der Waals surface area contributed by atoms with Crippen LogP contribution in [-0.4, -0.2) is 13.2 Å². The highest BCUT2D eigenvalue weighted by molar-refractivity contribution is 5.89. The van der Waals surface area contributed by atoms with Crippen LogP contribution in [-0.2, 0) is 0 Å². The molecule has 0 saturated heterocycles. The van der Waals surface area contributed by atoms with Gasteiger partial charge < -0.3 is 9.47 Å². The lowest BCUT2D eigenvalue weighted by Crippen LogP contribution is -1.99. The van der Waals surface area contributed by atoms with Crippen molar-refractivity contribution in [1.29, 1.82) is 0 Å². The number of ether oxygens (including phenoxy) is 2. The van der Waals surface area contributed by atoms with Gasteiger partial charge in [-0.3, -0.25) is 0 Å². The fourth-order valence-corrected chi connectivity index (χ4v) is 2.88. The topological polar surface area (TPSA) is 18.5 Å². The summed E-state index contributed by atoms with van der Waals surface area (Å²) in [5, 5.41) is 2.36. The van der Waals surface area contributed by atoms with Crippen molar-refractivity contribution < 1.29 is 9.47 Å². The molecule has 2 rings (SSSR count). The van der Waals surface area contributed by atoms with Gasteiger partial charge in [-0.25, -0.2) is 0 Å². The van der Waals surface area contributed by atoms with Gasteiger partial charge in [0.2, 0.25) is 0 Å². The minimum absolute atomic E-state index is 0.800. The third-order valence-electron chi connectivity index (χ3n) is 4.33. The predicted molar refractivity (Wildman–Crippen MR) is 103 cm³/mol. The Labute approximate surface area is 147 Å². The molecule has 0 aliphatic carbocycles. The van der Waals surface area contributed by atoms with Crippen LogP contribution >= 0.6 is 0 Å². The Morgan fingerprint density at radius 3 is 2.12 bits per heavy atom. The molecule has 0 bridgehead atoms. The molecular formula is C22H32O2. The van der Waals surface area contributed by atoms with Gasteiger partial charge in [-0.15, -0.1) is 0 Å². The number of benzene rings is 2. The van der Waals surface area contributed by atoms with Crippen LogP contribution < -0.4 is 9.47 Å². The molecule has 132 valence electrons. The van der Waals surface area contributed by atoms with Crippen molar-refractivity contribution in [2.75, 3.05) is 13.2 Å². The normalized spacial score (nSPS) is 10.9. The zero-order valence-electron chi connectivity index (χ0n) is 15.4. The van der Waals surface area contributed by atoms with Gasteiger partial charge >= 0.3 is 0 Å². The lowest BCUT2D eigenvalue weighted by atomic mass is 10.1. The van der Waals surface area contributed by atoms with Crippen molar-refractivity contribution in [1.82, 2.24) is 0 Å². The fourth-order valence-electron chi connectivity index (χ4n) is 2.88.